The van der Waals surface area contributed by atoms with Crippen molar-refractivity contribution in [2.45, 2.75) is 52.0 Å². The first-order valence-electron chi connectivity index (χ1n) is 11.7. The van der Waals surface area contributed by atoms with Crippen molar-refractivity contribution in [3.05, 3.63) is 98.5 Å². The van der Waals surface area contributed by atoms with Crippen LogP contribution in [0.15, 0.2) is 80.9 Å². The van der Waals surface area contributed by atoms with E-state index in [-0.39, 0.29) is 15.9 Å². The van der Waals surface area contributed by atoms with Gasteiger partial charge in [0.2, 0.25) is 10.0 Å². The number of benzene rings is 3. The Bertz CT molecular complexity index is 1570. The number of sulfonamides is 1. The first kappa shape index (κ1) is 26.3. The molecule has 1 atom stereocenters. The molecule has 1 heterocycles. The van der Waals surface area contributed by atoms with E-state index in [1.807, 2.05) is 49.4 Å². The number of nitrogens with zero attached hydrogens (tertiary/aromatic N) is 2. The van der Waals surface area contributed by atoms with Crippen molar-refractivity contribution < 1.29 is 8.42 Å². The summed E-state index contributed by atoms with van der Waals surface area (Å²) < 4.78 is 31.5. The molecule has 4 aromatic rings. The van der Waals surface area contributed by atoms with Gasteiger partial charge in [0.25, 0.3) is 5.56 Å². The van der Waals surface area contributed by atoms with Crippen LogP contribution in [0.4, 0.5) is 0 Å². The molecule has 3 aromatic carbocycles. The van der Waals surface area contributed by atoms with Gasteiger partial charge >= 0.3 is 0 Å². The molecule has 0 bridgehead atoms. The molecule has 0 saturated heterocycles. The molecule has 8 heteroatoms. The zero-order valence-electron chi connectivity index (χ0n) is 21.0. The van der Waals surface area contributed by atoms with Gasteiger partial charge in [-0.3, -0.25) is 9.36 Å². The molecule has 0 aliphatic rings. The first-order chi connectivity index (χ1) is 16.8. The largest absolute Gasteiger partial charge is 0.268 e. The molecule has 6 nitrogen and oxygen atoms in total. The van der Waals surface area contributed by atoms with Gasteiger partial charge in [0.15, 0.2) is 0 Å². The fraction of sp³-hybridized carbons (Fsp3) is 0.286. The maximum atomic E-state index is 13.6. The number of aromatic nitrogens is 2. The molecule has 188 valence electrons. The minimum atomic E-state index is -3.86. The smallest absolute Gasteiger partial charge is 0.266 e. The molecule has 0 amide bonds. The lowest BCUT2D eigenvalue weighted by atomic mass is 9.88. The molecule has 4 rings (SSSR count). The Morgan fingerprint density at radius 2 is 1.64 bits per heavy atom. The first-order valence-corrected chi connectivity index (χ1v) is 14.0. The van der Waals surface area contributed by atoms with E-state index >= 15 is 0 Å². The van der Waals surface area contributed by atoms with Crippen molar-refractivity contribution in [1.29, 1.82) is 0 Å². The number of nitrogens with one attached hydrogen (secondary N) is 1. The number of fused-ring (bicyclic) bond motifs is 1. The van der Waals surface area contributed by atoms with Crippen LogP contribution in [0, 0.1) is 12.3 Å². The van der Waals surface area contributed by atoms with Crippen LogP contribution in [0.2, 0.25) is 0 Å². The fourth-order valence-electron chi connectivity index (χ4n) is 4.16. The summed E-state index contributed by atoms with van der Waals surface area (Å²) in [5.41, 5.74) is 3.08. The summed E-state index contributed by atoms with van der Waals surface area (Å²) in [7, 11) is -3.86. The van der Waals surface area contributed by atoms with E-state index in [1.165, 1.54) is 4.57 Å². The van der Waals surface area contributed by atoms with Crippen LogP contribution in [0.3, 0.4) is 0 Å². The summed E-state index contributed by atoms with van der Waals surface area (Å²) in [4.78, 5) is 18.5. The highest BCUT2D eigenvalue weighted by molar-refractivity contribution is 9.10. The monoisotopic (exact) mass is 567 g/mol. The number of hydrogen-bond acceptors (Lipinski definition) is 4. The summed E-state index contributed by atoms with van der Waals surface area (Å²) in [5.74, 6) is 0.312. The lowest BCUT2D eigenvalue weighted by molar-refractivity contribution is 0.411. The van der Waals surface area contributed by atoms with E-state index in [0.717, 1.165) is 22.0 Å². The van der Waals surface area contributed by atoms with Crippen LogP contribution in [-0.2, 0) is 16.4 Å². The Balaban J connectivity index is 1.76. The van der Waals surface area contributed by atoms with Crippen molar-refractivity contribution in [3.8, 4) is 5.69 Å². The Morgan fingerprint density at radius 1 is 1.00 bits per heavy atom. The van der Waals surface area contributed by atoms with E-state index in [1.54, 1.807) is 31.2 Å². The molecule has 0 radical (unpaired) electrons. The van der Waals surface area contributed by atoms with Crippen molar-refractivity contribution in [1.82, 2.24) is 14.3 Å². The molecule has 0 fully saturated rings. The van der Waals surface area contributed by atoms with Crippen LogP contribution < -0.4 is 10.3 Å². The maximum Gasteiger partial charge on any atom is 0.266 e. The Hall–Kier alpha value is -2.81. The Kier molecular flexibility index (Phi) is 7.23. The molecule has 1 aromatic heterocycles. The molecule has 0 saturated carbocycles. The van der Waals surface area contributed by atoms with E-state index in [4.69, 9.17) is 4.98 Å². The highest BCUT2D eigenvalue weighted by atomic mass is 79.9. The maximum absolute atomic E-state index is 13.6. The second-order valence-electron chi connectivity index (χ2n) is 10.3. The lowest BCUT2D eigenvalue weighted by Gasteiger charge is -2.20. The number of rotatable bonds is 6. The number of halogens is 1. The van der Waals surface area contributed by atoms with Crippen LogP contribution >= 0.6 is 15.9 Å². The van der Waals surface area contributed by atoms with Crippen LogP contribution in [0.5, 0.6) is 0 Å². The third-order valence-corrected chi connectivity index (χ3v) is 7.89. The van der Waals surface area contributed by atoms with Crippen molar-refractivity contribution >= 4 is 36.9 Å². The second-order valence-corrected chi connectivity index (χ2v) is 13.0. The van der Waals surface area contributed by atoms with E-state index in [9.17, 15) is 13.2 Å². The van der Waals surface area contributed by atoms with Crippen molar-refractivity contribution in [2.24, 2.45) is 5.41 Å². The van der Waals surface area contributed by atoms with Crippen LogP contribution in [0.25, 0.3) is 16.6 Å². The summed E-state index contributed by atoms with van der Waals surface area (Å²) in [6.07, 6.45) is 0.844. The SMILES string of the molecule is Cc1ccc(-n2c(C(C)NS(=O)(=O)c3ccc(CC(C)(C)C)cc3)nc3ccc(Br)cc3c2=O)cc1. The normalized spacial score (nSPS) is 13.2. The lowest BCUT2D eigenvalue weighted by Crippen LogP contribution is -2.33. The standard InChI is InChI=1S/C28H30BrN3O3S/c1-18-6-11-22(12-7-18)32-26(30-25-15-10-21(29)16-24(25)27(32)33)19(2)31-36(34,35)23-13-8-20(9-14-23)17-28(3,4)5/h6-16,19,31H,17H2,1-5H3. The molecule has 36 heavy (non-hydrogen) atoms. The average Bonchev–Trinajstić information content (AvgIpc) is 2.79. The molecule has 0 aliphatic heterocycles. The predicted molar refractivity (Wildman–Crippen MR) is 148 cm³/mol. The highest BCUT2D eigenvalue weighted by Gasteiger charge is 2.24. The molecule has 0 aliphatic carbocycles. The topological polar surface area (TPSA) is 81.1 Å². The quantitative estimate of drug-likeness (QED) is 0.306. The fourth-order valence-corrected chi connectivity index (χ4v) is 5.72. The van der Waals surface area contributed by atoms with E-state index in [2.05, 4.69) is 41.4 Å². The van der Waals surface area contributed by atoms with Gasteiger partial charge in [0, 0.05) is 4.47 Å². The predicted octanol–water partition coefficient (Wildman–Crippen LogP) is 6.08. The number of aryl methyl sites for hydroxylation is 1. The molecular weight excluding hydrogens is 538 g/mol. The Labute approximate surface area is 220 Å². The number of hydrogen-bond donors (Lipinski definition) is 1. The molecule has 1 unspecified atom stereocenters. The molecule has 0 spiro atoms. The highest BCUT2D eigenvalue weighted by Crippen LogP contribution is 2.24. The third-order valence-electron chi connectivity index (χ3n) is 5.84. The summed E-state index contributed by atoms with van der Waals surface area (Å²) in [6.45, 7) is 10.1. The van der Waals surface area contributed by atoms with E-state index in [0.29, 0.717) is 22.4 Å². The molecule has 1 N–H and O–H groups in total. The summed E-state index contributed by atoms with van der Waals surface area (Å²) >= 11 is 3.42. The van der Waals surface area contributed by atoms with Gasteiger partial charge in [-0.05, 0) is 73.7 Å². The van der Waals surface area contributed by atoms with Gasteiger partial charge < -0.3 is 0 Å². The van der Waals surface area contributed by atoms with Gasteiger partial charge in [-0.25, -0.2) is 18.1 Å². The van der Waals surface area contributed by atoms with Gasteiger partial charge in [0.1, 0.15) is 5.82 Å². The zero-order valence-corrected chi connectivity index (χ0v) is 23.4. The van der Waals surface area contributed by atoms with Gasteiger partial charge in [-0.1, -0.05) is 66.5 Å². The van der Waals surface area contributed by atoms with Crippen LogP contribution in [-0.4, -0.2) is 18.0 Å². The average molecular weight is 569 g/mol. The van der Waals surface area contributed by atoms with Gasteiger partial charge in [0.05, 0.1) is 27.5 Å². The van der Waals surface area contributed by atoms with Gasteiger partial charge in [-0.2, -0.15) is 0 Å². The summed E-state index contributed by atoms with van der Waals surface area (Å²) in [6, 6.07) is 18.9. The van der Waals surface area contributed by atoms with Crippen molar-refractivity contribution in [3.63, 3.8) is 0 Å². The molecular formula is C28H30BrN3O3S. The minimum absolute atomic E-state index is 0.101. The van der Waals surface area contributed by atoms with Gasteiger partial charge in [-0.15, -0.1) is 0 Å². The van der Waals surface area contributed by atoms with Crippen LogP contribution in [0.1, 0.15) is 50.7 Å². The Morgan fingerprint density at radius 3 is 2.25 bits per heavy atom. The van der Waals surface area contributed by atoms with E-state index < -0.39 is 16.1 Å². The zero-order chi connectivity index (χ0) is 26.3. The van der Waals surface area contributed by atoms with Crippen molar-refractivity contribution in [2.75, 3.05) is 0 Å². The summed E-state index contributed by atoms with van der Waals surface area (Å²) in [5, 5.41) is 0.443. The minimum Gasteiger partial charge on any atom is -0.268 e. The third kappa shape index (κ3) is 5.77. The second kappa shape index (κ2) is 9.92.